The third kappa shape index (κ3) is 4.03. The zero-order valence-electron chi connectivity index (χ0n) is 17.1. The van der Waals surface area contributed by atoms with Crippen LogP contribution in [0.3, 0.4) is 0 Å². The van der Waals surface area contributed by atoms with Crippen LogP contribution in [0.4, 0.5) is 5.69 Å². The third-order valence-electron chi connectivity index (χ3n) is 6.06. The van der Waals surface area contributed by atoms with Crippen molar-refractivity contribution in [2.75, 3.05) is 36.5 Å². The molecule has 1 fully saturated rings. The van der Waals surface area contributed by atoms with Crippen molar-refractivity contribution in [3.63, 3.8) is 0 Å². The lowest BCUT2D eigenvalue weighted by Crippen LogP contribution is -2.60. The fourth-order valence-corrected chi connectivity index (χ4v) is 5.17. The van der Waals surface area contributed by atoms with E-state index in [1.54, 1.807) is 30.0 Å². The maximum atomic E-state index is 12.6. The lowest BCUT2D eigenvalue weighted by atomic mass is 10.00. The van der Waals surface area contributed by atoms with Gasteiger partial charge in [-0.05, 0) is 35.7 Å². The highest BCUT2D eigenvalue weighted by Crippen LogP contribution is 2.42. The first-order valence-electron chi connectivity index (χ1n) is 10.5. The molecule has 0 aliphatic carbocycles. The standard InChI is InChI=1S/C23H25N3O4S/c27-18(12-26-8-7-15-3-1-2-4-17(15)11-26)10-24-21(28)16-5-6-20-19(9-16)25-22(29)23(30-20)13-31-14-23/h1-6,9,18,27H,7-8,10-14H2,(H,24,28)(H,25,29). The minimum Gasteiger partial charge on any atom is -0.473 e. The minimum atomic E-state index is -0.763. The van der Waals surface area contributed by atoms with Crippen molar-refractivity contribution in [3.05, 3.63) is 59.2 Å². The maximum Gasteiger partial charge on any atom is 0.270 e. The van der Waals surface area contributed by atoms with Gasteiger partial charge in [-0.2, -0.15) is 11.8 Å². The van der Waals surface area contributed by atoms with E-state index in [4.69, 9.17) is 4.74 Å². The second-order valence-electron chi connectivity index (χ2n) is 8.37. The summed E-state index contributed by atoms with van der Waals surface area (Å²) in [5, 5.41) is 16.1. The van der Waals surface area contributed by atoms with Crippen LogP contribution in [0, 0.1) is 0 Å². The van der Waals surface area contributed by atoms with Gasteiger partial charge in [0.1, 0.15) is 5.75 Å². The number of aliphatic hydroxyl groups is 1. The van der Waals surface area contributed by atoms with Gasteiger partial charge >= 0.3 is 0 Å². The zero-order valence-corrected chi connectivity index (χ0v) is 17.9. The number of fused-ring (bicyclic) bond motifs is 2. The second-order valence-corrected chi connectivity index (χ2v) is 9.36. The lowest BCUT2D eigenvalue weighted by molar-refractivity contribution is -0.129. The Morgan fingerprint density at radius 1 is 1.26 bits per heavy atom. The number of carbonyl (C=O) groups excluding carboxylic acids is 2. The van der Waals surface area contributed by atoms with E-state index in [0.717, 1.165) is 19.5 Å². The molecule has 1 unspecified atom stereocenters. The summed E-state index contributed by atoms with van der Waals surface area (Å²) in [6.07, 6.45) is 0.309. The van der Waals surface area contributed by atoms with Gasteiger partial charge in [-0.3, -0.25) is 14.5 Å². The highest BCUT2D eigenvalue weighted by atomic mass is 32.2. The number of nitrogens with zero attached hydrogens (tertiary/aromatic N) is 1. The number of thioether (sulfide) groups is 1. The minimum absolute atomic E-state index is 0.158. The van der Waals surface area contributed by atoms with E-state index in [2.05, 4.69) is 33.7 Å². The molecule has 3 heterocycles. The van der Waals surface area contributed by atoms with Crippen molar-refractivity contribution < 1.29 is 19.4 Å². The molecule has 3 N–H and O–H groups in total. The summed E-state index contributed by atoms with van der Waals surface area (Å²) in [5.41, 5.74) is 2.83. The fraction of sp³-hybridized carbons (Fsp3) is 0.391. The van der Waals surface area contributed by atoms with Crippen LogP contribution in [0.15, 0.2) is 42.5 Å². The highest BCUT2D eigenvalue weighted by molar-refractivity contribution is 8.01. The topological polar surface area (TPSA) is 90.9 Å². The van der Waals surface area contributed by atoms with Gasteiger partial charge in [-0.25, -0.2) is 0 Å². The van der Waals surface area contributed by atoms with E-state index in [-0.39, 0.29) is 18.4 Å². The summed E-state index contributed by atoms with van der Waals surface area (Å²) in [6.45, 7) is 2.37. The number of hydrogen-bond acceptors (Lipinski definition) is 6. The summed E-state index contributed by atoms with van der Waals surface area (Å²) in [6, 6.07) is 13.4. The molecule has 7 nitrogen and oxygen atoms in total. The van der Waals surface area contributed by atoms with Crippen molar-refractivity contribution >= 4 is 29.3 Å². The molecule has 0 saturated carbocycles. The normalized spacial score (nSPS) is 20.0. The molecule has 0 bridgehead atoms. The first kappa shape index (κ1) is 20.4. The number of rotatable bonds is 5. The summed E-state index contributed by atoms with van der Waals surface area (Å²) < 4.78 is 5.90. The number of amides is 2. The van der Waals surface area contributed by atoms with E-state index in [1.807, 2.05) is 6.07 Å². The van der Waals surface area contributed by atoms with Crippen LogP contribution >= 0.6 is 11.8 Å². The Morgan fingerprint density at radius 2 is 2.06 bits per heavy atom. The Hall–Kier alpha value is -2.55. The van der Waals surface area contributed by atoms with Crippen LogP contribution in [-0.2, 0) is 17.8 Å². The molecule has 31 heavy (non-hydrogen) atoms. The number of hydrogen-bond donors (Lipinski definition) is 3. The Morgan fingerprint density at radius 3 is 2.84 bits per heavy atom. The molecule has 3 aliphatic heterocycles. The first-order valence-corrected chi connectivity index (χ1v) is 11.7. The number of carbonyl (C=O) groups is 2. The third-order valence-corrected chi connectivity index (χ3v) is 7.40. The first-order chi connectivity index (χ1) is 15.0. The molecule has 162 valence electrons. The second kappa shape index (κ2) is 8.18. The zero-order chi connectivity index (χ0) is 21.4. The number of ether oxygens (including phenoxy) is 1. The van der Waals surface area contributed by atoms with E-state index in [1.165, 1.54) is 11.1 Å². The van der Waals surface area contributed by atoms with Gasteiger partial charge in [-0.1, -0.05) is 24.3 Å². The van der Waals surface area contributed by atoms with Gasteiger partial charge in [0.2, 0.25) is 5.60 Å². The average molecular weight is 440 g/mol. The predicted octanol–water partition coefficient (Wildman–Crippen LogP) is 1.65. The number of benzene rings is 2. The summed E-state index contributed by atoms with van der Waals surface area (Å²) >= 11 is 1.67. The largest absolute Gasteiger partial charge is 0.473 e. The van der Waals surface area contributed by atoms with Crippen molar-refractivity contribution in [2.45, 2.75) is 24.7 Å². The Balaban J connectivity index is 1.15. The molecule has 1 atom stereocenters. The Bertz CT molecular complexity index is 1020. The van der Waals surface area contributed by atoms with Gasteiger partial charge < -0.3 is 20.5 Å². The smallest absolute Gasteiger partial charge is 0.270 e. The molecule has 2 aromatic carbocycles. The monoisotopic (exact) mass is 439 g/mol. The number of β-amino-alcohol motifs (C(OH)–C–C–N with tert-alkyl or cyclic N) is 1. The fourth-order valence-electron chi connectivity index (χ4n) is 4.21. The molecular formula is C23H25N3O4S. The number of nitrogens with one attached hydrogen (secondary N) is 2. The SMILES string of the molecule is O=C(NCC(O)CN1CCc2ccccc2C1)c1ccc2c(c1)NC(=O)C1(CSC1)O2. The van der Waals surface area contributed by atoms with Crippen LogP contribution in [0.1, 0.15) is 21.5 Å². The van der Waals surface area contributed by atoms with E-state index < -0.39 is 11.7 Å². The summed E-state index contributed by atoms with van der Waals surface area (Å²) in [7, 11) is 0. The van der Waals surface area contributed by atoms with Crippen LogP contribution in [-0.4, -0.2) is 64.7 Å². The van der Waals surface area contributed by atoms with Crippen LogP contribution in [0.25, 0.3) is 0 Å². The highest BCUT2D eigenvalue weighted by Gasteiger charge is 2.50. The molecule has 2 amide bonds. The summed E-state index contributed by atoms with van der Waals surface area (Å²) in [5.74, 6) is 1.42. The van der Waals surface area contributed by atoms with Gasteiger partial charge in [0.05, 0.1) is 11.8 Å². The number of anilines is 1. The van der Waals surface area contributed by atoms with Gasteiger partial charge in [0.15, 0.2) is 0 Å². The molecule has 0 radical (unpaired) electrons. The van der Waals surface area contributed by atoms with E-state index in [0.29, 0.717) is 35.1 Å². The van der Waals surface area contributed by atoms with Crippen molar-refractivity contribution in [3.8, 4) is 5.75 Å². The Kier molecular flexibility index (Phi) is 5.37. The van der Waals surface area contributed by atoms with Gasteiger partial charge in [0.25, 0.3) is 11.8 Å². The molecule has 5 rings (SSSR count). The Labute approximate surface area is 185 Å². The average Bonchev–Trinajstić information content (AvgIpc) is 2.75. The van der Waals surface area contributed by atoms with E-state index in [9.17, 15) is 14.7 Å². The maximum absolute atomic E-state index is 12.6. The van der Waals surface area contributed by atoms with Crippen molar-refractivity contribution in [2.24, 2.45) is 0 Å². The van der Waals surface area contributed by atoms with Crippen LogP contribution < -0.4 is 15.4 Å². The van der Waals surface area contributed by atoms with E-state index >= 15 is 0 Å². The molecule has 3 aliphatic rings. The van der Waals surface area contributed by atoms with Crippen LogP contribution in [0.2, 0.25) is 0 Å². The molecule has 1 spiro atoms. The predicted molar refractivity (Wildman–Crippen MR) is 120 cm³/mol. The van der Waals surface area contributed by atoms with Crippen LogP contribution in [0.5, 0.6) is 5.75 Å². The lowest BCUT2D eigenvalue weighted by Gasteiger charge is -2.42. The summed E-state index contributed by atoms with van der Waals surface area (Å²) in [4.78, 5) is 27.1. The molecule has 0 aromatic heterocycles. The quantitative estimate of drug-likeness (QED) is 0.656. The van der Waals surface area contributed by atoms with Gasteiger partial charge in [-0.15, -0.1) is 0 Å². The molecule has 1 saturated heterocycles. The van der Waals surface area contributed by atoms with Crippen molar-refractivity contribution in [1.82, 2.24) is 10.2 Å². The molecule has 8 heteroatoms. The molecule has 2 aromatic rings. The number of aliphatic hydroxyl groups excluding tert-OH is 1. The van der Waals surface area contributed by atoms with Gasteiger partial charge in [0, 0.05) is 43.2 Å². The molecular weight excluding hydrogens is 414 g/mol. The van der Waals surface area contributed by atoms with Crippen molar-refractivity contribution in [1.29, 1.82) is 0 Å².